The normalized spacial score (nSPS) is 11.2. The van der Waals surface area contributed by atoms with Gasteiger partial charge in [-0.2, -0.15) is 0 Å². The smallest absolute Gasteiger partial charge is 0.338 e. The van der Waals surface area contributed by atoms with Crippen LogP contribution >= 0.6 is 0 Å². The Bertz CT molecular complexity index is 924. The van der Waals surface area contributed by atoms with Crippen molar-refractivity contribution in [3.05, 3.63) is 63.7 Å². The zero-order valence-electron chi connectivity index (χ0n) is 15.5. The number of nitro benzene ring substituents is 1. The van der Waals surface area contributed by atoms with Gasteiger partial charge in [-0.05, 0) is 50.2 Å². The molecular weight excluding hydrogens is 366 g/mol. The van der Waals surface area contributed by atoms with Crippen molar-refractivity contribution in [3.63, 3.8) is 0 Å². The van der Waals surface area contributed by atoms with Crippen molar-refractivity contribution in [2.75, 3.05) is 10.6 Å². The molecule has 0 saturated carbocycles. The molecule has 9 heteroatoms. The summed E-state index contributed by atoms with van der Waals surface area (Å²) in [6.07, 6.45) is -1.09. The molecular formula is C19H19N3O6. The summed E-state index contributed by atoms with van der Waals surface area (Å²) in [6.45, 7) is 4.31. The number of hydrogen-bond donors (Lipinski definition) is 2. The van der Waals surface area contributed by atoms with Gasteiger partial charge in [0.05, 0.1) is 10.5 Å². The van der Waals surface area contributed by atoms with Crippen LogP contribution in [0.2, 0.25) is 0 Å². The molecule has 0 saturated heterocycles. The summed E-state index contributed by atoms with van der Waals surface area (Å²) in [4.78, 5) is 45.7. The molecule has 2 aromatic rings. The first-order valence-corrected chi connectivity index (χ1v) is 8.32. The summed E-state index contributed by atoms with van der Waals surface area (Å²) in [5, 5.41) is 16.0. The van der Waals surface area contributed by atoms with Gasteiger partial charge in [-0.25, -0.2) is 4.79 Å². The zero-order chi connectivity index (χ0) is 20.8. The molecule has 146 valence electrons. The van der Waals surface area contributed by atoms with E-state index in [4.69, 9.17) is 4.74 Å². The monoisotopic (exact) mass is 385 g/mol. The molecule has 0 aromatic heterocycles. The van der Waals surface area contributed by atoms with Crippen LogP contribution in [-0.4, -0.2) is 28.8 Å². The maximum absolute atomic E-state index is 12.2. The molecule has 0 radical (unpaired) electrons. The van der Waals surface area contributed by atoms with Crippen LogP contribution in [0, 0.1) is 17.0 Å². The van der Waals surface area contributed by atoms with Crippen LogP contribution in [0.15, 0.2) is 42.5 Å². The third-order valence-corrected chi connectivity index (χ3v) is 3.76. The van der Waals surface area contributed by atoms with E-state index in [1.807, 2.05) is 0 Å². The number of benzene rings is 2. The second kappa shape index (κ2) is 8.76. The number of nitrogens with one attached hydrogen (secondary N) is 2. The molecule has 0 heterocycles. The Kier molecular flexibility index (Phi) is 6.43. The van der Waals surface area contributed by atoms with Crippen LogP contribution in [0.4, 0.5) is 17.1 Å². The molecule has 0 aliphatic heterocycles. The molecule has 1 atom stereocenters. The molecule has 2 aromatic carbocycles. The number of nitro groups is 1. The molecule has 0 aliphatic rings. The Morgan fingerprint density at radius 3 is 2.11 bits per heavy atom. The number of esters is 1. The van der Waals surface area contributed by atoms with Crippen LogP contribution in [0.5, 0.6) is 0 Å². The summed E-state index contributed by atoms with van der Waals surface area (Å²) in [5.41, 5.74) is 1.37. The van der Waals surface area contributed by atoms with Gasteiger partial charge in [0.15, 0.2) is 6.10 Å². The highest BCUT2D eigenvalue weighted by Gasteiger charge is 2.21. The summed E-state index contributed by atoms with van der Waals surface area (Å²) < 4.78 is 5.12. The van der Waals surface area contributed by atoms with E-state index >= 15 is 0 Å². The highest BCUT2D eigenvalue weighted by molar-refractivity contribution is 5.97. The molecule has 0 fully saturated rings. The van der Waals surface area contributed by atoms with Gasteiger partial charge in [0.2, 0.25) is 5.91 Å². The Morgan fingerprint density at radius 2 is 1.61 bits per heavy atom. The number of amides is 2. The molecule has 0 spiro atoms. The van der Waals surface area contributed by atoms with E-state index in [0.29, 0.717) is 16.9 Å². The van der Waals surface area contributed by atoms with Gasteiger partial charge in [-0.15, -0.1) is 0 Å². The maximum atomic E-state index is 12.2. The molecule has 2 rings (SSSR count). The topological polar surface area (TPSA) is 128 Å². The first-order valence-electron chi connectivity index (χ1n) is 8.32. The average molecular weight is 385 g/mol. The van der Waals surface area contributed by atoms with Gasteiger partial charge in [0.1, 0.15) is 0 Å². The van der Waals surface area contributed by atoms with E-state index in [9.17, 15) is 24.5 Å². The number of nitrogens with zero attached hydrogens (tertiary/aromatic N) is 1. The van der Waals surface area contributed by atoms with Crippen molar-refractivity contribution in [2.45, 2.75) is 26.9 Å². The number of carbonyl (C=O) groups excluding carboxylic acids is 3. The van der Waals surface area contributed by atoms with Crippen molar-refractivity contribution >= 4 is 34.8 Å². The van der Waals surface area contributed by atoms with Crippen LogP contribution in [-0.2, 0) is 14.3 Å². The van der Waals surface area contributed by atoms with E-state index < -0.39 is 22.9 Å². The summed E-state index contributed by atoms with van der Waals surface area (Å²) in [7, 11) is 0. The minimum Gasteiger partial charge on any atom is -0.449 e. The second-order valence-corrected chi connectivity index (χ2v) is 6.05. The van der Waals surface area contributed by atoms with Gasteiger partial charge >= 0.3 is 5.97 Å². The number of hydrogen-bond acceptors (Lipinski definition) is 6. The highest BCUT2D eigenvalue weighted by Crippen LogP contribution is 2.20. The van der Waals surface area contributed by atoms with Crippen molar-refractivity contribution in [1.29, 1.82) is 0 Å². The van der Waals surface area contributed by atoms with Crippen LogP contribution in [0.25, 0.3) is 0 Å². The van der Waals surface area contributed by atoms with Gasteiger partial charge < -0.3 is 15.4 Å². The summed E-state index contributed by atoms with van der Waals surface area (Å²) in [5.74, 6) is -1.51. The van der Waals surface area contributed by atoms with E-state index in [-0.39, 0.29) is 17.2 Å². The number of aryl methyl sites for hydroxylation is 1. The lowest BCUT2D eigenvalue weighted by atomic mass is 10.1. The zero-order valence-corrected chi connectivity index (χ0v) is 15.5. The van der Waals surface area contributed by atoms with Crippen LogP contribution in [0.1, 0.15) is 29.8 Å². The highest BCUT2D eigenvalue weighted by atomic mass is 16.6. The van der Waals surface area contributed by atoms with Crippen LogP contribution in [0.3, 0.4) is 0 Å². The maximum Gasteiger partial charge on any atom is 0.338 e. The predicted molar refractivity (Wildman–Crippen MR) is 102 cm³/mol. The molecule has 1 unspecified atom stereocenters. The number of rotatable bonds is 6. The minimum atomic E-state index is -1.09. The van der Waals surface area contributed by atoms with Crippen molar-refractivity contribution in [3.8, 4) is 0 Å². The Hall–Kier alpha value is -3.75. The molecule has 0 aliphatic carbocycles. The largest absolute Gasteiger partial charge is 0.449 e. The Labute approximate surface area is 160 Å². The fraction of sp³-hybridized carbons (Fsp3) is 0.211. The van der Waals surface area contributed by atoms with E-state index in [0.717, 1.165) is 0 Å². The fourth-order valence-corrected chi connectivity index (χ4v) is 2.35. The number of carbonyl (C=O) groups is 3. The van der Waals surface area contributed by atoms with E-state index in [1.54, 1.807) is 24.3 Å². The molecule has 2 N–H and O–H groups in total. The Balaban J connectivity index is 1.98. The molecule has 2 amide bonds. The lowest BCUT2D eigenvalue weighted by Crippen LogP contribution is -2.30. The molecule has 9 nitrogen and oxygen atoms in total. The quantitative estimate of drug-likeness (QED) is 0.447. The summed E-state index contributed by atoms with van der Waals surface area (Å²) >= 11 is 0. The van der Waals surface area contributed by atoms with Gasteiger partial charge in [-0.3, -0.25) is 19.7 Å². The number of ether oxygens (including phenoxy) is 1. The minimum absolute atomic E-state index is 0.106. The van der Waals surface area contributed by atoms with Crippen molar-refractivity contribution in [1.82, 2.24) is 0 Å². The lowest BCUT2D eigenvalue weighted by molar-refractivity contribution is -0.385. The third kappa shape index (κ3) is 5.37. The van der Waals surface area contributed by atoms with Crippen molar-refractivity contribution < 1.29 is 24.0 Å². The van der Waals surface area contributed by atoms with Gasteiger partial charge in [0.25, 0.3) is 11.6 Å². The molecule has 28 heavy (non-hydrogen) atoms. The first-order chi connectivity index (χ1) is 13.2. The Morgan fingerprint density at radius 1 is 1.04 bits per heavy atom. The average Bonchev–Trinajstić information content (AvgIpc) is 2.62. The van der Waals surface area contributed by atoms with Crippen molar-refractivity contribution in [2.24, 2.45) is 0 Å². The van der Waals surface area contributed by atoms with Crippen LogP contribution < -0.4 is 10.6 Å². The van der Waals surface area contributed by atoms with E-state index in [1.165, 1.54) is 39.0 Å². The van der Waals surface area contributed by atoms with E-state index in [2.05, 4.69) is 10.6 Å². The fourth-order valence-electron chi connectivity index (χ4n) is 2.35. The third-order valence-electron chi connectivity index (χ3n) is 3.76. The predicted octanol–water partition coefficient (Wildman–Crippen LogP) is 3.05. The molecule has 0 bridgehead atoms. The number of anilines is 2. The first kappa shape index (κ1) is 20.6. The lowest BCUT2D eigenvalue weighted by Gasteiger charge is -2.14. The summed E-state index contributed by atoms with van der Waals surface area (Å²) in [6, 6.07) is 10.3. The SMILES string of the molecule is CC(=O)Nc1ccc(NC(=O)C(C)OC(=O)c2ccc([N+](=O)[O-])c(C)c2)cc1. The van der Waals surface area contributed by atoms with Gasteiger partial charge in [0, 0.05) is 29.9 Å². The standard InChI is InChI=1S/C19H19N3O6/c1-11-10-14(4-9-17(11)22(26)27)19(25)28-12(2)18(24)21-16-7-5-15(6-8-16)20-13(3)23/h4-10,12H,1-3H3,(H,20,23)(H,21,24). The van der Waals surface area contributed by atoms with Gasteiger partial charge in [-0.1, -0.05) is 0 Å². The second-order valence-electron chi connectivity index (χ2n) is 6.05.